The van der Waals surface area contributed by atoms with Crippen LogP contribution in [0.25, 0.3) is 22.2 Å². The number of carbonyl (C=O) groups is 2. The van der Waals surface area contributed by atoms with Crippen molar-refractivity contribution in [1.82, 2.24) is 15.0 Å². The minimum absolute atomic E-state index is 0.0578. The molecule has 1 amide bonds. The van der Waals surface area contributed by atoms with E-state index in [4.69, 9.17) is 4.98 Å². The zero-order chi connectivity index (χ0) is 23.7. The molecule has 170 valence electrons. The van der Waals surface area contributed by atoms with Gasteiger partial charge in [0.15, 0.2) is 0 Å². The van der Waals surface area contributed by atoms with E-state index in [1.807, 2.05) is 48.5 Å². The van der Waals surface area contributed by atoms with E-state index < -0.39 is 5.97 Å². The van der Waals surface area contributed by atoms with Crippen LogP contribution in [0.3, 0.4) is 0 Å². The summed E-state index contributed by atoms with van der Waals surface area (Å²) in [6, 6.07) is 21.1. The molecule has 0 aliphatic carbocycles. The zero-order valence-electron chi connectivity index (χ0n) is 18.8. The second-order valence-electron chi connectivity index (χ2n) is 8.31. The third kappa shape index (κ3) is 4.08. The molecule has 0 fully saturated rings. The number of hydrazone groups is 1. The van der Waals surface area contributed by atoms with Gasteiger partial charge in [-0.1, -0.05) is 55.5 Å². The number of aromatic nitrogens is 2. The van der Waals surface area contributed by atoms with E-state index >= 15 is 0 Å². The molecule has 0 atom stereocenters. The molecule has 3 aromatic carbocycles. The summed E-state index contributed by atoms with van der Waals surface area (Å²) < 4.78 is 2.21. The van der Waals surface area contributed by atoms with Crippen molar-refractivity contribution < 1.29 is 14.7 Å². The fourth-order valence-electron chi connectivity index (χ4n) is 4.37. The molecule has 2 heterocycles. The number of amides is 1. The van der Waals surface area contributed by atoms with E-state index in [1.165, 1.54) is 0 Å². The Bertz CT molecular complexity index is 1430. The Morgan fingerprint density at radius 2 is 1.79 bits per heavy atom. The van der Waals surface area contributed by atoms with Crippen molar-refractivity contribution in [3.05, 3.63) is 89.2 Å². The SMILES string of the molecule is CCc1nc2ccc(C3=NNC(=O)CC3)cc2n1Cc1ccc(-c2ccccc2C(=O)O)cc1. The molecule has 0 saturated heterocycles. The fourth-order valence-corrected chi connectivity index (χ4v) is 4.37. The Kier molecular flexibility index (Phi) is 5.67. The number of hydrogen-bond donors (Lipinski definition) is 2. The number of carbonyl (C=O) groups excluding carboxylic acids is 1. The Morgan fingerprint density at radius 1 is 1.03 bits per heavy atom. The van der Waals surface area contributed by atoms with Gasteiger partial charge in [-0.2, -0.15) is 5.10 Å². The maximum atomic E-state index is 11.6. The number of benzene rings is 3. The first-order valence-electron chi connectivity index (χ1n) is 11.3. The van der Waals surface area contributed by atoms with E-state index in [0.717, 1.165) is 45.7 Å². The summed E-state index contributed by atoms with van der Waals surface area (Å²) in [4.78, 5) is 27.9. The third-order valence-electron chi connectivity index (χ3n) is 6.14. The number of nitrogens with zero attached hydrogens (tertiary/aromatic N) is 3. The Morgan fingerprint density at radius 3 is 2.50 bits per heavy atom. The van der Waals surface area contributed by atoms with Crippen molar-refractivity contribution in [1.29, 1.82) is 0 Å². The van der Waals surface area contributed by atoms with Crippen LogP contribution in [-0.4, -0.2) is 32.2 Å². The smallest absolute Gasteiger partial charge is 0.336 e. The maximum absolute atomic E-state index is 11.6. The van der Waals surface area contributed by atoms with E-state index in [0.29, 0.717) is 30.5 Å². The summed E-state index contributed by atoms with van der Waals surface area (Å²) in [6.07, 6.45) is 1.85. The zero-order valence-corrected chi connectivity index (χ0v) is 18.8. The molecule has 34 heavy (non-hydrogen) atoms. The molecule has 5 rings (SSSR count). The molecule has 0 spiro atoms. The van der Waals surface area contributed by atoms with Gasteiger partial charge in [-0.25, -0.2) is 15.2 Å². The summed E-state index contributed by atoms with van der Waals surface area (Å²) in [5.74, 6) is -0.000936. The number of nitrogens with one attached hydrogen (secondary N) is 1. The Hall–Kier alpha value is -4.26. The number of rotatable bonds is 6. The maximum Gasteiger partial charge on any atom is 0.336 e. The summed E-state index contributed by atoms with van der Waals surface area (Å²) in [7, 11) is 0. The van der Waals surface area contributed by atoms with Gasteiger partial charge in [0.1, 0.15) is 5.82 Å². The number of imidazole rings is 1. The van der Waals surface area contributed by atoms with Crippen LogP contribution in [0.2, 0.25) is 0 Å². The summed E-state index contributed by atoms with van der Waals surface area (Å²) in [5.41, 5.74) is 9.32. The van der Waals surface area contributed by atoms with Crippen molar-refractivity contribution in [3.63, 3.8) is 0 Å². The number of carboxylic acid groups (broad SMARTS) is 1. The predicted octanol–water partition coefficient (Wildman–Crippen LogP) is 4.63. The monoisotopic (exact) mass is 452 g/mol. The Balaban J connectivity index is 1.48. The quantitative estimate of drug-likeness (QED) is 0.446. The fraction of sp³-hybridized carbons (Fsp3) is 0.185. The van der Waals surface area contributed by atoms with Gasteiger partial charge < -0.3 is 9.67 Å². The standard InChI is InChI=1S/C27H24N4O3/c1-2-25-28-23-12-11-19(22-13-14-26(32)30-29-22)15-24(23)31(25)16-17-7-9-18(10-8-17)20-5-3-4-6-21(20)27(33)34/h3-12,15H,2,13-14,16H2,1H3,(H,30,32)(H,33,34). The largest absolute Gasteiger partial charge is 0.478 e. The van der Waals surface area contributed by atoms with Crippen LogP contribution >= 0.6 is 0 Å². The second-order valence-corrected chi connectivity index (χ2v) is 8.31. The minimum atomic E-state index is -0.935. The molecule has 0 radical (unpaired) electrons. The lowest BCUT2D eigenvalue weighted by Gasteiger charge is -2.13. The van der Waals surface area contributed by atoms with Gasteiger partial charge >= 0.3 is 5.97 Å². The lowest BCUT2D eigenvalue weighted by atomic mass is 9.98. The van der Waals surface area contributed by atoms with Crippen LogP contribution in [-0.2, 0) is 17.8 Å². The molecular weight excluding hydrogens is 428 g/mol. The third-order valence-corrected chi connectivity index (χ3v) is 6.14. The average molecular weight is 453 g/mol. The molecule has 4 aromatic rings. The summed E-state index contributed by atoms with van der Waals surface area (Å²) >= 11 is 0. The van der Waals surface area contributed by atoms with Crippen LogP contribution in [0, 0.1) is 0 Å². The van der Waals surface area contributed by atoms with Crippen molar-refractivity contribution in [2.45, 2.75) is 32.7 Å². The number of aryl methyl sites for hydroxylation is 1. The van der Waals surface area contributed by atoms with Gasteiger partial charge in [0, 0.05) is 25.8 Å². The van der Waals surface area contributed by atoms with Crippen LogP contribution in [0.5, 0.6) is 0 Å². The normalized spacial score (nSPS) is 13.6. The molecule has 7 heteroatoms. The van der Waals surface area contributed by atoms with E-state index in [9.17, 15) is 14.7 Å². The lowest BCUT2D eigenvalue weighted by Crippen LogP contribution is -2.25. The Labute approximate surface area is 196 Å². The highest BCUT2D eigenvalue weighted by Gasteiger charge is 2.17. The van der Waals surface area contributed by atoms with Crippen molar-refractivity contribution in [2.75, 3.05) is 0 Å². The lowest BCUT2D eigenvalue weighted by molar-refractivity contribution is -0.121. The molecule has 0 unspecified atom stereocenters. The van der Waals surface area contributed by atoms with Gasteiger partial charge in [0.2, 0.25) is 5.91 Å². The van der Waals surface area contributed by atoms with Gasteiger partial charge in [-0.3, -0.25) is 4.79 Å². The molecule has 1 aliphatic rings. The average Bonchev–Trinajstić information content (AvgIpc) is 3.21. The number of fused-ring (bicyclic) bond motifs is 1. The molecule has 1 aromatic heterocycles. The molecular formula is C27H24N4O3. The van der Waals surface area contributed by atoms with E-state index in [1.54, 1.807) is 12.1 Å². The minimum Gasteiger partial charge on any atom is -0.478 e. The molecule has 2 N–H and O–H groups in total. The highest BCUT2D eigenvalue weighted by atomic mass is 16.4. The second kappa shape index (κ2) is 8.94. The number of hydrogen-bond acceptors (Lipinski definition) is 4. The predicted molar refractivity (Wildman–Crippen MR) is 131 cm³/mol. The highest BCUT2D eigenvalue weighted by Crippen LogP contribution is 2.26. The summed E-state index contributed by atoms with van der Waals surface area (Å²) in [6.45, 7) is 2.73. The first-order valence-corrected chi connectivity index (χ1v) is 11.3. The molecule has 0 bridgehead atoms. The first-order chi connectivity index (χ1) is 16.5. The number of carboxylic acids is 1. The topological polar surface area (TPSA) is 96.6 Å². The first kappa shape index (κ1) is 21.6. The molecule has 0 saturated carbocycles. The van der Waals surface area contributed by atoms with Crippen LogP contribution in [0.15, 0.2) is 71.8 Å². The van der Waals surface area contributed by atoms with Gasteiger partial charge in [-0.05, 0) is 40.5 Å². The van der Waals surface area contributed by atoms with E-state index in [-0.39, 0.29) is 5.91 Å². The van der Waals surface area contributed by atoms with E-state index in [2.05, 4.69) is 28.1 Å². The van der Waals surface area contributed by atoms with Gasteiger partial charge in [0.05, 0.1) is 22.3 Å². The van der Waals surface area contributed by atoms with Crippen LogP contribution < -0.4 is 5.43 Å². The summed E-state index contributed by atoms with van der Waals surface area (Å²) in [5, 5.41) is 13.7. The van der Waals surface area contributed by atoms with Crippen molar-refractivity contribution >= 4 is 28.6 Å². The number of aromatic carboxylic acids is 1. The van der Waals surface area contributed by atoms with Gasteiger partial charge in [0.25, 0.3) is 0 Å². The van der Waals surface area contributed by atoms with Crippen LogP contribution in [0.4, 0.5) is 0 Å². The highest BCUT2D eigenvalue weighted by molar-refractivity contribution is 6.05. The van der Waals surface area contributed by atoms with Crippen LogP contribution in [0.1, 0.15) is 47.1 Å². The molecule has 7 nitrogen and oxygen atoms in total. The van der Waals surface area contributed by atoms with Gasteiger partial charge in [-0.15, -0.1) is 0 Å². The van der Waals surface area contributed by atoms with Crippen molar-refractivity contribution in [3.8, 4) is 11.1 Å². The molecule has 1 aliphatic heterocycles. The van der Waals surface area contributed by atoms with Crippen molar-refractivity contribution in [2.24, 2.45) is 5.10 Å².